The predicted molar refractivity (Wildman–Crippen MR) is 78.6 cm³/mol. The number of benzene rings is 1. The highest BCUT2D eigenvalue weighted by Gasteiger charge is 2.38. The summed E-state index contributed by atoms with van der Waals surface area (Å²) in [5.74, 6) is 0.669. The first-order valence-electron chi connectivity index (χ1n) is 7.68. The van der Waals surface area contributed by atoms with Crippen LogP contribution in [0.15, 0.2) is 24.3 Å². The summed E-state index contributed by atoms with van der Waals surface area (Å²) < 4.78 is 0. The van der Waals surface area contributed by atoms with Gasteiger partial charge in [-0.05, 0) is 49.1 Å². The molecule has 0 aromatic heterocycles. The highest BCUT2D eigenvalue weighted by molar-refractivity contribution is 5.75. The minimum absolute atomic E-state index is 0.428. The number of nitrogens with one attached hydrogen (secondary N) is 1. The molecule has 1 aromatic rings. The molecule has 2 saturated carbocycles. The maximum Gasteiger partial charge on any atom is 0.310 e. The number of rotatable bonds is 5. The topological polar surface area (TPSA) is 49.3 Å². The molecular formula is C17H23NO2. The maximum atomic E-state index is 10.9. The zero-order valence-corrected chi connectivity index (χ0v) is 12.0. The second-order valence-electron chi connectivity index (χ2n) is 6.46. The Morgan fingerprint density at radius 1 is 1.30 bits per heavy atom. The quantitative estimate of drug-likeness (QED) is 0.866. The van der Waals surface area contributed by atoms with Gasteiger partial charge in [0.2, 0.25) is 0 Å². The van der Waals surface area contributed by atoms with Gasteiger partial charge in [-0.3, -0.25) is 4.79 Å². The highest BCUT2D eigenvalue weighted by atomic mass is 16.4. The summed E-state index contributed by atoms with van der Waals surface area (Å²) in [5.41, 5.74) is 2.12. The average molecular weight is 273 g/mol. The third-order valence-electron chi connectivity index (χ3n) is 5.16. The van der Waals surface area contributed by atoms with Gasteiger partial charge in [0.1, 0.15) is 0 Å². The number of hydrogen-bond donors (Lipinski definition) is 2. The lowest BCUT2D eigenvalue weighted by Crippen LogP contribution is -2.33. The minimum Gasteiger partial charge on any atom is -0.481 e. The van der Waals surface area contributed by atoms with Gasteiger partial charge in [-0.15, -0.1) is 0 Å². The lowest BCUT2D eigenvalue weighted by Gasteiger charge is -2.23. The molecule has 1 aromatic carbocycles. The Bertz CT molecular complexity index is 482. The standard InChI is InChI=1S/C17H23NO2/c1-11(17(19)20)14-5-2-12(3-6-14)10-18-16-9-13-4-7-15(16)8-13/h2-3,5-6,11,13,15-16,18H,4,7-10H2,1H3,(H,19,20). The predicted octanol–water partition coefficient (Wildman–Crippen LogP) is 3.15. The van der Waals surface area contributed by atoms with Gasteiger partial charge in [0, 0.05) is 12.6 Å². The van der Waals surface area contributed by atoms with Crippen molar-refractivity contribution in [1.82, 2.24) is 5.32 Å². The van der Waals surface area contributed by atoms with Gasteiger partial charge >= 0.3 is 5.97 Å². The van der Waals surface area contributed by atoms with Crippen LogP contribution in [0.1, 0.15) is 49.7 Å². The first kappa shape index (κ1) is 13.6. The van der Waals surface area contributed by atoms with E-state index in [4.69, 9.17) is 5.11 Å². The molecule has 3 rings (SSSR count). The van der Waals surface area contributed by atoms with E-state index in [1.54, 1.807) is 6.92 Å². The number of hydrogen-bond acceptors (Lipinski definition) is 2. The van der Waals surface area contributed by atoms with Crippen LogP contribution in [0.3, 0.4) is 0 Å². The van der Waals surface area contributed by atoms with Crippen LogP contribution in [0.4, 0.5) is 0 Å². The molecule has 2 bridgehead atoms. The van der Waals surface area contributed by atoms with Crippen LogP contribution in [-0.4, -0.2) is 17.1 Å². The van der Waals surface area contributed by atoms with Gasteiger partial charge in [0.05, 0.1) is 5.92 Å². The lowest BCUT2D eigenvalue weighted by atomic mass is 9.95. The average Bonchev–Trinajstić information content (AvgIpc) is 3.07. The van der Waals surface area contributed by atoms with Crippen molar-refractivity contribution in [3.63, 3.8) is 0 Å². The Labute approximate surface area is 120 Å². The third kappa shape index (κ3) is 2.73. The SMILES string of the molecule is CC(C(=O)O)c1ccc(CNC2CC3CCC2C3)cc1. The number of carboxylic acids is 1. The van der Waals surface area contributed by atoms with E-state index in [0.717, 1.165) is 23.9 Å². The molecule has 0 heterocycles. The summed E-state index contributed by atoms with van der Waals surface area (Å²) in [6.07, 6.45) is 5.60. The summed E-state index contributed by atoms with van der Waals surface area (Å²) in [7, 11) is 0. The molecule has 4 unspecified atom stereocenters. The molecule has 2 N–H and O–H groups in total. The van der Waals surface area contributed by atoms with Crippen molar-refractivity contribution in [2.24, 2.45) is 11.8 Å². The maximum absolute atomic E-state index is 10.9. The Morgan fingerprint density at radius 2 is 2.05 bits per heavy atom. The van der Waals surface area contributed by atoms with Gasteiger partial charge in [0.15, 0.2) is 0 Å². The smallest absolute Gasteiger partial charge is 0.310 e. The number of carbonyl (C=O) groups is 1. The molecule has 0 saturated heterocycles. The Hall–Kier alpha value is -1.35. The molecule has 4 atom stereocenters. The van der Waals surface area contributed by atoms with E-state index in [1.165, 1.54) is 31.2 Å². The van der Waals surface area contributed by atoms with E-state index in [0.29, 0.717) is 6.04 Å². The zero-order valence-electron chi connectivity index (χ0n) is 12.0. The molecule has 2 aliphatic rings. The number of aliphatic carboxylic acids is 1. The van der Waals surface area contributed by atoms with Crippen molar-refractivity contribution in [2.45, 2.75) is 51.1 Å². The van der Waals surface area contributed by atoms with Gasteiger partial charge in [-0.25, -0.2) is 0 Å². The molecule has 108 valence electrons. The van der Waals surface area contributed by atoms with E-state index in [9.17, 15) is 4.79 Å². The van der Waals surface area contributed by atoms with Gasteiger partial charge in [0.25, 0.3) is 0 Å². The molecule has 2 aliphatic carbocycles. The molecule has 2 fully saturated rings. The summed E-state index contributed by atoms with van der Waals surface area (Å²) >= 11 is 0. The van der Waals surface area contributed by atoms with Crippen molar-refractivity contribution in [2.75, 3.05) is 0 Å². The molecule has 20 heavy (non-hydrogen) atoms. The van der Waals surface area contributed by atoms with E-state index < -0.39 is 11.9 Å². The Morgan fingerprint density at radius 3 is 2.60 bits per heavy atom. The molecule has 0 amide bonds. The lowest BCUT2D eigenvalue weighted by molar-refractivity contribution is -0.138. The summed E-state index contributed by atoms with van der Waals surface area (Å²) in [4.78, 5) is 10.9. The van der Waals surface area contributed by atoms with Crippen LogP contribution in [0.2, 0.25) is 0 Å². The fourth-order valence-electron chi connectivity index (χ4n) is 3.81. The fourth-order valence-corrected chi connectivity index (χ4v) is 3.81. The zero-order chi connectivity index (χ0) is 14.1. The summed E-state index contributed by atoms with van der Waals surface area (Å²) in [5, 5.41) is 12.7. The second kappa shape index (κ2) is 5.57. The normalized spacial score (nSPS) is 29.6. The van der Waals surface area contributed by atoms with Gasteiger partial charge in [-0.2, -0.15) is 0 Å². The number of carboxylic acid groups (broad SMARTS) is 1. The largest absolute Gasteiger partial charge is 0.481 e. The Balaban J connectivity index is 1.54. The van der Waals surface area contributed by atoms with E-state index in [2.05, 4.69) is 17.4 Å². The molecule has 0 spiro atoms. The molecule has 0 radical (unpaired) electrons. The molecule has 3 heteroatoms. The van der Waals surface area contributed by atoms with Crippen LogP contribution >= 0.6 is 0 Å². The van der Waals surface area contributed by atoms with Crippen molar-refractivity contribution in [3.8, 4) is 0 Å². The van der Waals surface area contributed by atoms with Crippen molar-refractivity contribution < 1.29 is 9.90 Å². The van der Waals surface area contributed by atoms with E-state index in [-0.39, 0.29) is 0 Å². The summed E-state index contributed by atoms with van der Waals surface area (Å²) in [6.45, 7) is 2.63. The minimum atomic E-state index is -0.766. The first-order valence-corrected chi connectivity index (χ1v) is 7.68. The molecular weight excluding hydrogens is 250 g/mol. The van der Waals surface area contributed by atoms with Gasteiger partial charge in [-0.1, -0.05) is 30.7 Å². The van der Waals surface area contributed by atoms with Crippen molar-refractivity contribution in [1.29, 1.82) is 0 Å². The van der Waals surface area contributed by atoms with E-state index >= 15 is 0 Å². The van der Waals surface area contributed by atoms with Crippen LogP contribution in [0.5, 0.6) is 0 Å². The molecule has 3 nitrogen and oxygen atoms in total. The third-order valence-corrected chi connectivity index (χ3v) is 5.16. The van der Waals surface area contributed by atoms with E-state index in [1.807, 2.05) is 12.1 Å². The van der Waals surface area contributed by atoms with Crippen LogP contribution in [0.25, 0.3) is 0 Å². The monoisotopic (exact) mass is 273 g/mol. The second-order valence-corrected chi connectivity index (χ2v) is 6.46. The van der Waals surface area contributed by atoms with Crippen molar-refractivity contribution >= 4 is 5.97 Å². The number of fused-ring (bicyclic) bond motifs is 2. The molecule has 0 aliphatic heterocycles. The van der Waals surface area contributed by atoms with Crippen molar-refractivity contribution in [3.05, 3.63) is 35.4 Å². The van der Waals surface area contributed by atoms with Crippen LogP contribution in [-0.2, 0) is 11.3 Å². The highest BCUT2D eigenvalue weighted by Crippen LogP contribution is 2.44. The fraction of sp³-hybridized carbons (Fsp3) is 0.588. The van der Waals surface area contributed by atoms with Crippen LogP contribution < -0.4 is 5.32 Å². The summed E-state index contributed by atoms with van der Waals surface area (Å²) in [6, 6.07) is 8.68. The van der Waals surface area contributed by atoms with Crippen LogP contribution in [0, 0.1) is 11.8 Å². The Kier molecular flexibility index (Phi) is 3.79. The first-order chi connectivity index (χ1) is 9.63. The van der Waals surface area contributed by atoms with Gasteiger partial charge < -0.3 is 10.4 Å².